The predicted molar refractivity (Wildman–Crippen MR) is 113 cm³/mol. The van der Waals surface area contributed by atoms with Gasteiger partial charge in [-0.2, -0.15) is 0 Å². The number of aryl methyl sites for hydroxylation is 1. The second kappa shape index (κ2) is 11.0. The summed E-state index contributed by atoms with van der Waals surface area (Å²) in [7, 11) is 0. The molecule has 0 aliphatic carbocycles. The summed E-state index contributed by atoms with van der Waals surface area (Å²) in [6, 6.07) is 9.94. The zero-order valence-corrected chi connectivity index (χ0v) is 17.4. The molecule has 0 saturated carbocycles. The number of esters is 1. The molecule has 2 aromatic carbocycles. The van der Waals surface area contributed by atoms with Gasteiger partial charge in [0.1, 0.15) is 12.4 Å². The molecule has 0 amide bonds. The first-order chi connectivity index (χ1) is 13.5. The molecule has 5 heteroatoms. The maximum atomic E-state index is 14.2. The molecule has 150 valence electrons. The third-order valence-corrected chi connectivity index (χ3v) is 3.87. The third-order valence-electron chi connectivity index (χ3n) is 3.87. The summed E-state index contributed by atoms with van der Waals surface area (Å²) in [5.74, 6) is -1.02. The highest BCUT2D eigenvalue weighted by Gasteiger charge is 2.15. The lowest BCUT2D eigenvalue weighted by Crippen LogP contribution is -2.10. The molecule has 1 heterocycles. The molecule has 0 aliphatic heterocycles. The fourth-order valence-electron chi connectivity index (χ4n) is 2.67. The topological polar surface area (TPSA) is 59.2 Å². The Kier molecular flexibility index (Phi) is 9.09. The van der Waals surface area contributed by atoms with Gasteiger partial charge in [-0.3, -0.25) is 9.59 Å². The van der Waals surface area contributed by atoms with Gasteiger partial charge in [0.15, 0.2) is 5.43 Å². The van der Waals surface area contributed by atoms with Crippen molar-refractivity contribution < 1.29 is 13.9 Å². The Morgan fingerprint density at radius 1 is 1.07 bits per heavy atom. The van der Waals surface area contributed by atoms with Crippen molar-refractivity contribution in [1.82, 2.24) is 4.98 Å². The van der Waals surface area contributed by atoms with Gasteiger partial charge in [0, 0.05) is 35.2 Å². The van der Waals surface area contributed by atoms with Gasteiger partial charge in [-0.1, -0.05) is 45.9 Å². The summed E-state index contributed by atoms with van der Waals surface area (Å²) >= 11 is 0. The largest absolute Gasteiger partial charge is 0.461 e. The normalized spacial score (nSPS) is 9.68. The first-order valence-corrected chi connectivity index (χ1v) is 9.50. The van der Waals surface area contributed by atoms with Crippen LogP contribution in [0.4, 0.5) is 4.39 Å². The van der Waals surface area contributed by atoms with Crippen LogP contribution in [-0.2, 0) is 16.1 Å². The number of carbonyl (C=O) groups excluding carboxylic acids is 1. The lowest BCUT2D eigenvalue weighted by Gasteiger charge is -2.11. The molecule has 0 unspecified atom stereocenters. The minimum Gasteiger partial charge on any atom is -0.461 e. The molecule has 4 nitrogen and oxygen atoms in total. The van der Waals surface area contributed by atoms with E-state index in [9.17, 15) is 14.0 Å². The zero-order valence-electron chi connectivity index (χ0n) is 17.4. The Morgan fingerprint density at radius 2 is 1.75 bits per heavy atom. The van der Waals surface area contributed by atoms with E-state index in [1.54, 1.807) is 18.3 Å². The molecule has 0 radical (unpaired) electrons. The van der Waals surface area contributed by atoms with Crippen molar-refractivity contribution >= 4 is 16.9 Å². The first kappa shape index (κ1) is 23.1. The van der Waals surface area contributed by atoms with Gasteiger partial charge >= 0.3 is 5.97 Å². The van der Waals surface area contributed by atoms with Gasteiger partial charge in [0.05, 0.1) is 0 Å². The van der Waals surface area contributed by atoms with E-state index in [2.05, 4.69) is 4.98 Å². The number of carbonyl (C=O) groups is 1. The van der Waals surface area contributed by atoms with Gasteiger partial charge in [-0.15, -0.1) is 0 Å². The number of ether oxygens (including phenoxy) is 1. The zero-order chi connectivity index (χ0) is 21.3. The van der Waals surface area contributed by atoms with Crippen molar-refractivity contribution in [1.29, 1.82) is 0 Å². The van der Waals surface area contributed by atoms with Crippen LogP contribution in [-0.4, -0.2) is 11.0 Å². The molecule has 3 aromatic rings. The van der Waals surface area contributed by atoms with Gasteiger partial charge in [0.2, 0.25) is 0 Å². The molecular weight excluding hydrogens is 357 g/mol. The van der Waals surface area contributed by atoms with Crippen LogP contribution in [0.3, 0.4) is 0 Å². The van der Waals surface area contributed by atoms with Crippen molar-refractivity contribution in [3.63, 3.8) is 0 Å². The molecule has 1 N–H and O–H groups in total. The van der Waals surface area contributed by atoms with E-state index >= 15 is 0 Å². The summed E-state index contributed by atoms with van der Waals surface area (Å²) in [6.07, 6.45) is 1.57. The van der Waals surface area contributed by atoms with Gasteiger partial charge in [-0.25, -0.2) is 4.39 Å². The van der Waals surface area contributed by atoms with E-state index in [-0.39, 0.29) is 17.6 Å². The maximum absolute atomic E-state index is 14.2. The number of halogens is 1. The summed E-state index contributed by atoms with van der Waals surface area (Å²) in [5, 5.41) is 0.529. The van der Waals surface area contributed by atoms with E-state index in [1.807, 2.05) is 46.8 Å². The van der Waals surface area contributed by atoms with E-state index in [0.29, 0.717) is 16.5 Å². The summed E-state index contributed by atoms with van der Waals surface area (Å²) in [6.45, 7) is 11.0. The minimum atomic E-state index is -0.517. The highest BCUT2D eigenvalue weighted by Crippen LogP contribution is 2.25. The molecule has 28 heavy (non-hydrogen) atoms. The lowest BCUT2D eigenvalue weighted by atomic mass is 9.99. The summed E-state index contributed by atoms with van der Waals surface area (Å²) < 4.78 is 19.1. The summed E-state index contributed by atoms with van der Waals surface area (Å²) in [5.41, 5.74) is 2.50. The van der Waals surface area contributed by atoms with Crippen LogP contribution in [0.25, 0.3) is 22.0 Å². The Balaban J connectivity index is 0.000000921. The molecule has 0 atom stereocenters. The van der Waals surface area contributed by atoms with Crippen molar-refractivity contribution in [2.45, 2.75) is 48.1 Å². The number of nitrogens with one attached hydrogen (secondary N) is 1. The van der Waals surface area contributed by atoms with Crippen LogP contribution >= 0.6 is 0 Å². The lowest BCUT2D eigenvalue weighted by molar-refractivity contribution is -0.142. The standard InChI is InChI=1S/C19H16FNO3.2C2H6/c1-11-6-7-14-18(8-11)21-9-15(19(14)23)13-4-3-5-17(20)16(13)10-24-12(2)22;2*1-2/h3-9H,10H2,1-2H3,(H,21,23);2*1-2H3. The van der Waals surface area contributed by atoms with Gasteiger partial charge < -0.3 is 9.72 Å². The molecular formula is C23H28FNO3. The van der Waals surface area contributed by atoms with E-state index in [1.165, 1.54) is 19.1 Å². The average Bonchev–Trinajstić information content (AvgIpc) is 2.70. The van der Waals surface area contributed by atoms with Gasteiger partial charge in [-0.05, 0) is 36.2 Å². The Bertz CT molecular complexity index is 993. The highest BCUT2D eigenvalue weighted by molar-refractivity contribution is 5.84. The Hall–Kier alpha value is -2.95. The van der Waals surface area contributed by atoms with Crippen LogP contribution < -0.4 is 5.43 Å². The van der Waals surface area contributed by atoms with Crippen LogP contribution in [0.2, 0.25) is 0 Å². The molecule has 1 aromatic heterocycles. The van der Waals surface area contributed by atoms with E-state index in [4.69, 9.17) is 4.74 Å². The van der Waals surface area contributed by atoms with E-state index < -0.39 is 11.8 Å². The fraction of sp³-hybridized carbons (Fsp3) is 0.304. The average molecular weight is 385 g/mol. The van der Waals surface area contributed by atoms with Crippen molar-refractivity contribution in [3.8, 4) is 11.1 Å². The number of hydrogen-bond donors (Lipinski definition) is 1. The number of fused-ring (bicyclic) bond motifs is 1. The monoisotopic (exact) mass is 385 g/mol. The summed E-state index contributed by atoms with van der Waals surface area (Å²) in [4.78, 5) is 26.9. The number of rotatable bonds is 3. The minimum absolute atomic E-state index is 0.185. The quantitative estimate of drug-likeness (QED) is 0.583. The Morgan fingerprint density at radius 3 is 2.39 bits per heavy atom. The van der Waals surface area contributed by atoms with Gasteiger partial charge in [0.25, 0.3) is 0 Å². The fourth-order valence-corrected chi connectivity index (χ4v) is 2.67. The molecule has 0 saturated heterocycles. The van der Waals surface area contributed by atoms with Crippen LogP contribution in [0.5, 0.6) is 0 Å². The smallest absolute Gasteiger partial charge is 0.302 e. The van der Waals surface area contributed by atoms with Crippen LogP contribution in [0.15, 0.2) is 47.4 Å². The van der Waals surface area contributed by atoms with Crippen LogP contribution in [0, 0.1) is 12.7 Å². The number of aromatic nitrogens is 1. The molecule has 0 aliphatic rings. The molecule has 0 fully saturated rings. The van der Waals surface area contributed by atoms with Crippen molar-refractivity contribution in [3.05, 3.63) is 69.8 Å². The number of H-pyrrole nitrogens is 1. The number of pyridine rings is 1. The van der Waals surface area contributed by atoms with Crippen molar-refractivity contribution in [2.75, 3.05) is 0 Å². The second-order valence-corrected chi connectivity index (χ2v) is 5.63. The SMILES string of the molecule is CC.CC.CC(=O)OCc1c(F)cccc1-c1c[nH]c2cc(C)ccc2c1=O. The maximum Gasteiger partial charge on any atom is 0.302 e. The van der Waals surface area contributed by atoms with E-state index in [0.717, 1.165) is 11.1 Å². The molecule has 0 bridgehead atoms. The molecule has 3 rings (SSSR count). The van der Waals surface area contributed by atoms with Crippen LogP contribution in [0.1, 0.15) is 45.7 Å². The molecule has 0 spiro atoms. The highest BCUT2D eigenvalue weighted by atomic mass is 19.1. The number of hydrogen-bond acceptors (Lipinski definition) is 3. The first-order valence-electron chi connectivity index (χ1n) is 9.50. The predicted octanol–water partition coefficient (Wildman–Crippen LogP) is 5.76. The number of benzene rings is 2. The number of aromatic amines is 1. The second-order valence-electron chi connectivity index (χ2n) is 5.63. The van der Waals surface area contributed by atoms with Crippen molar-refractivity contribution in [2.24, 2.45) is 0 Å². The Labute approximate surface area is 165 Å². The third kappa shape index (κ3) is 5.28.